The number of ether oxygens (including phenoxy) is 1. The second kappa shape index (κ2) is 8.76. The van der Waals surface area contributed by atoms with E-state index in [1.165, 1.54) is 10.5 Å². The monoisotopic (exact) mass is 332 g/mol. The third-order valence-corrected chi connectivity index (χ3v) is 4.54. The van der Waals surface area contributed by atoms with Gasteiger partial charge in [0, 0.05) is 10.6 Å². The number of hydrogen-bond donors (Lipinski definition) is 1. The molecule has 0 saturated carbocycles. The van der Waals surface area contributed by atoms with Crippen molar-refractivity contribution in [2.45, 2.75) is 17.6 Å². The number of aliphatic imine (C=N–C) groups is 1. The summed E-state index contributed by atoms with van der Waals surface area (Å²) in [4.78, 5) is 5.68. The molecule has 2 aromatic carbocycles. The van der Waals surface area contributed by atoms with Crippen molar-refractivity contribution in [3.63, 3.8) is 0 Å². The van der Waals surface area contributed by atoms with Crippen LogP contribution in [0.25, 0.3) is 0 Å². The number of amidine groups is 1. The zero-order valence-electron chi connectivity index (χ0n) is 12.8. The van der Waals surface area contributed by atoms with Gasteiger partial charge in [-0.2, -0.15) is 0 Å². The Morgan fingerprint density at radius 1 is 1.09 bits per heavy atom. The lowest BCUT2D eigenvalue weighted by molar-refractivity contribution is 0.340. The molecule has 2 rings (SSSR count). The topological polar surface area (TPSA) is 47.6 Å². The van der Waals surface area contributed by atoms with Crippen LogP contribution in [0.3, 0.4) is 0 Å². The summed E-state index contributed by atoms with van der Waals surface area (Å²) in [5.74, 6) is 1.67. The fourth-order valence-corrected chi connectivity index (χ4v) is 2.91. The molecule has 116 valence electrons. The van der Waals surface area contributed by atoms with E-state index in [1.807, 2.05) is 31.2 Å². The summed E-state index contributed by atoms with van der Waals surface area (Å²) in [7, 11) is 0. The molecule has 0 spiro atoms. The molecule has 2 N–H and O–H groups in total. The zero-order valence-corrected chi connectivity index (χ0v) is 14.4. The van der Waals surface area contributed by atoms with Crippen LogP contribution in [-0.4, -0.2) is 18.0 Å². The molecule has 22 heavy (non-hydrogen) atoms. The third-order valence-electron chi connectivity index (χ3n) is 2.93. The van der Waals surface area contributed by atoms with Crippen molar-refractivity contribution in [1.29, 1.82) is 0 Å². The van der Waals surface area contributed by atoms with E-state index in [1.54, 1.807) is 23.5 Å². The van der Waals surface area contributed by atoms with Crippen molar-refractivity contribution in [2.75, 3.05) is 12.9 Å². The van der Waals surface area contributed by atoms with E-state index in [-0.39, 0.29) is 0 Å². The number of thioether (sulfide) groups is 2. The molecule has 0 saturated heterocycles. The number of nitrogens with two attached hydrogens (primary N) is 1. The molecule has 0 aliphatic carbocycles. The lowest BCUT2D eigenvalue weighted by Gasteiger charge is -2.04. The van der Waals surface area contributed by atoms with Crippen LogP contribution in [0.5, 0.6) is 5.75 Å². The van der Waals surface area contributed by atoms with Gasteiger partial charge >= 0.3 is 0 Å². The molecule has 0 amide bonds. The standard InChI is InChI=1S/C17H20N2OS2/c1-3-20-15-8-6-14(7-9-15)19-17(18)22-12-13-4-10-16(21-2)11-5-13/h4-11H,3,12H2,1-2H3,(H2,18,19). The van der Waals surface area contributed by atoms with Crippen molar-refractivity contribution < 1.29 is 4.74 Å². The second-order valence-corrected chi connectivity index (χ2v) is 6.39. The number of nitrogens with zero attached hydrogens (tertiary/aromatic N) is 1. The Kier molecular flexibility index (Phi) is 6.68. The van der Waals surface area contributed by atoms with E-state index in [0.717, 1.165) is 17.2 Å². The highest BCUT2D eigenvalue weighted by Crippen LogP contribution is 2.21. The summed E-state index contributed by atoms with van der Waals surface area (Å²) >= 11 is 3.28. The van der Waals surface area contributed by atoms with Crippen LogP contribution in [0.15, 0.2) is 58.4 Å². The van der Waals surface area contributed by atoms with Crippen molar-refractivity contribution in [3.05, 3.63) is 54.1 Å². The van der Waals surface area contributed by atoms with Crippen LogP contribution in [-0.2, 0) is 5.75 Å². The van der Waals surface area contributed by atoms with Gasteiger partial charge in [0.25, 0.3) is 0 Å². The molecular weight excluding hydrogens is 312 g/mol. The van der Waals surface area contributed by atoms with E-state index in [9.17, 15) is 0 Å². The highest BCUT2D eigenvalue weighted by Gasteiger charge is 1.99. The highest BCUT2D eigenvalue weighted by molar-refractivity contribution is 8.13. The average molecular weight is 332 g/mol. The summed E-state index contributed by atoms with van der Waals surface area (Å²) in [6, 6.07) is 16.1. The molecule has 3 nitrogen and oxygen atoms in total. The first-order valence-corrected chi connectivity index (χ1v) is 9.25. The first-order chi connectivity index (χ1) is 10.7. The molecular formula is C17H20N2OS2. The van der Waals surface area contributed by atoms with Gasteiger partial charge < -0.3 is 10.5 Å². The smallest absolute Gasteiger partial charge is 0.159 e. The summed E-state index contributed by atoms with van der Waals surface area (Å²) in [6.07, 6.45) is 2.07. The molecule has 5 heteroatoms. The Balaban J connectivity index is 1.91. The summed E-state index contributed by atoms with van der Waals surface area (Å²) in [5, 5.41) is 0.568. The number of rotatable bonds is 6. The van der Waals surface area contributed by atoms with Crippen molar-refractivity contribution in [2.24, 2.45) is 10.7 Å². The van der Waals surface area contributed by atoms with Gasteiger partial charge in [0.15, 0.2) is 5.17 Å². The van der Waals surface area contributed by atoms with Crippen molar-refractivity contribution >= 4 is 34.4 Å². The maximum atomic E-state index is 5.98. The first kappa shape index (κ1) is 16.8. The maximum absolute atomic E-state index is 5.98. The largest absolute Gasteiger partial charge is 0.494 e. The van der Waals surface area contributed by atoms with Gasteiger partial charge in [0.1, 0.15) is 5.75 Å². The molecule has 2 aromatic rings. The fourth-order valence-electron chi connectivity index (χ4n) is 1.82. The Morgan fingerprint density at radius 3 is 2.36 bits per heavy atom. The summed E-state index contributed by atoms with van der Waals surface area (Å²) < 4.78 is 5.40. The van der Waals surface area contributed by atoms with Crippen LogP contribution in [0.2, 0.25) is 0 Å². The van der Waals surface area contributed by atoms with Gasteiger partial charge in [-0.1, -0.05) is 23.9 Å². The normalized spacial score (nSPS) is 11.5. The van der Waals surface area contributed by atoms with Crippen molar-refractivity contribution in [1.82, 2.24) is 0 Å². The Morgan fingerprint density at radius 2 is 1.77 bits per heavy atom. The zero-order chi connectivity index (χ0) is 15.8. The molecule has 0 radical (unpaired) electrons. The molecule has 0 fully saturated rings. The van der Waals surface area contributed by atoms with Crippen molar-refractivity contribution in [3.8, 4) is 5.75 Å². The average Bonchev–Trinajstić information content (AvgIpc) is 2.55. The molecule has 0 unspecified atom stereocenters. The highest BCUT2D eigenvalue weighted by atomic mass is 32.2. The van der Waals surface area contributed by atoms with Gasteiger partial charge in [-0.05, 0) is 55.1 Å². The minimum Gasteiger partial charge on any atom is -0.494 e. The number of benzene rings is 2. The maximum Gasteiger partial charge on any atom is 0.159 e. The van der Waals surface area contributed by atoms with Crippen LogP contribution < -0.4 is 10.5 Å². The lowest BCUT2D eigenvalue weighted by atomic mass is 10.2. The molecule has 0 bridgehead atoms. The van der Waals surface area contributed by atoms with Gasteiger partial charge in [-0.3, -0.25) is 0 Å². The molecule has 0 heterocycles. The number of hydrogen-bond acceptors (Lipinski definition) is 4. The molecule has 0 aromatic heterocycles. The second-order valence-electron chi connectivity index (χ2n) is 4.51. The van der Waals surface area contributed by atoms with E-state index < -0.39 is 0 Å². The quantitative estimate of drug-likeness (QED) is 0.474. The Bertz CT molecular complexity index is 610. The SMILES string of the molecule is CCOc1ccc(N=C(N)SCc2ccc(SC)cc2)cc1. The first-order valence-electron chi connectivity index (χ1n) is 7.04. The van der Waals surface area contributed by atoms with Gasteiger partial charge in [-0.25, -0.2) is 4.99 Å². The minimum absolute atomic E-state index is 0.568. The Labute approximate surface area is 140 Å². The predicted molar refractivity (Wildman–Crippen MR) is 98.4 cm³/mol. The van der Waals surface area contributed by atoms with E-state index in [0.29, 0.717) is 11.8 Å². The fraction of sp³-hybridized carbons (Fsp3) is 0.235. The summed E-state index contributed by atoms with van der Waals surface area (Å²) in [5.41, 5.74) is 8.07. The third kappa shape index (κ3) is 5.31. The van der Waals surface area contributed by atoms with Crippen LogP contribution in [0.1, 0.15) is 12.5 Å². The van der Waals surface area contributed by atoms with Crippen LogP contribution in [0.4, 0.5) is 5.69 Å². The van der Waals surface area contributed by atoms with Gasteiger partial charge in [-0.15, -0.1) is 11.8 Å². The van der Waals surface area contributed by atoms with E-state index in [4.69, 9.17) is 10.5 Å². The Hall–Kier alpha value is -1.59. The predicted octanol–water partition coefficient (Wildman–Crippen LogP) is 4.69. The van der Waals surface area contributed by atoms with E-state index in [2.05, 4.69) is 35.5 Å². The van der Waals surface area contributed by atoms with Crippen LogP contribution >= 0.6 is 23.5 Å². The van der Waals surface area contributed by atoms with Gasteiger partial charge in [0.05, 0.1) is 12.3 Å². The summed E-state index contributed by atoms with van der Waals surface area (Å²) in [6.45, 7) is 2.63. The van der Waals surface area contributed by atoms with Gasteiger partial charge in [0.2, 0.25) is 0 Å². The lowest BCUT2D eigenvalue weighted by Crippen LogP contribution is -2.06. The molecule has 0 aliphatic rings. The van der Waals surface area contributed by atoms with Crippen LogP contribution in [0, 0.1) is 0 Å². The minimum atomic E-state index is 0.568. The molecule has 0 aliphatic heterocycles. The van der Waals surface area contributed by atoms with E-state index >= 15 is 0 Å². The molecule has 0 atom stereocenters.